The number of benzene rings is 14. The molecule has 0 saturated carbocycles. The number of hydrogen-bond acceptors (Lipinski definition) is 8. The van der Waals surface area contributed by atoms with Crippen LogP contribution in [0.15, 0.2) is 324 Å². The van der Waals surface area contributed by atoms with E-state index in [0.29, 0.717) is 34.9 Å². The molecule has 10 heteroatoms. The number of nitrogens with zero attached hydrogens (tertiary/aromatic N) is 6. The fourth-order valence-electron chi connectivity index (χ4n) is 16.3. The smallest absolute Gasteiger partial charge is 0.164 e. The third-order valence-electron chi connectivity index (χ3n) is 21.6. The molecule has 490 valence electrons. The average molecular weight is 1370 g/mol. The standard InChI is InChI=1S/C94H64N6O2Si2/c1-103(2)84-46-40-65(52-79(84)80-56-70(41-47-85(80)103)93-96-89(60-27-15-8-16-28-60)95-91(99-93)68-38-44-82-77(54-68)76-51-64(37-43-81(76)101-82)57-21-9-5-10-22-57)62-30-17-29-61(49-62)63-31-18-32-66(50-63)90-97-92(67-39-45-83-75(53-67)73-35-19-33-71(87(73)102-83)58-23-11-6-12-24-58)100-94(98-90)69-42-48-86-78(55-69)74-36-20-34-72(88(74)104(86,3)4)59-25-13-7-14-26-59/h5-56H,1-4H3. The normalized spacial score (nSPS) is 13.2. The Kier molecular flexibility index (Phi) is 14.0. The molecule has 14 aromatic carbocycles. The van der Waals surface area contributed by atoms with Gasteiger partial charge in [-0.3, -0.25) is 0 Å². The van der Waals surface area contributed by atoms with E-state index in [1.165, 1.54) is 54.1 Å². The van der Waals surface area contributed by atoms with Crippen molar-refractivity contribution in [1.29, 1.82) is 0 Å². The molecule has 0 saturated heterocycles. The summed E-state index contributed by atoms with van der Waals surface area (Å²) in [7, 11) is -4.27. The molecule has 104 heavy (non-hydrogen) atoms. The zero-order chi connectivity index (χ0) is 69.4. The Hall–Kier alpha value is -12.9. The van der Waals surface area contributed by atoms with Crippen molar-refractivity contribution in [3.63, 3.8) is 0 Å². The lowest BCUT2D eigenvalue weighted by Gasteiger charge is -2.22. The number of fused-ring (bicyclic) bond motifs is 12. The van der Waals surface area contributed by atoms with E-state index < -0.39 is 16.1 Å². The van der Waals surface area contributed by atoms with E-state index >= 15 is 0 Å². The van der Waals surface area contributed by atoms with Crippen LogP contribution < -0.4 is 20.7 Å². The summed E-state index contributed by atoms with van der Waals surface area (Å²) in [5.74, 6) is 3.60. The van der Waals surface area contributed by atoms with Crippen LogP contribution in [0.3, 0.4) is 0 Å². The number of hydrogen-bond donors (Lipinski definition) is 0. The highest BCUT2D eigenvalue weighted by Crippen LogP contribution is 2.43. The van der Waals surface area contributed by atoms with Crippen molar-refractivity contribution in [2.24, 2.45) is 0 Å². The first-order chi connectivity index (χ1) is 51.0. The fraction of sp³-hybridized carbons (Fsp3) is 0.0426. The minimum absolute atomic E-state index is 0.581. The molecule has 0 bridgehead atoms. The van der Waals surface area contributed by atoms with E-state index in [1.807, 2.05) is 36.4 Å². The van der Waals surface area contributed by atoms with Crippen LogP contribution in [-0.2, 0) is 0 Å². The Morgan fingerprint density at radius 2 is 0.519 bits per heavy atom. The second-order valence-corrected chi connectivity index (χ2v) is 37.1. The molecule has 0 spiro atoms. The second kappa shape index (κ2) is 23.9. The van der Waals surface area contributed by atoms with Crippen LogP contribution in [0, 0.1) is 0 Å². The monoisotopic (exact) mass is 1360 g/mol. The lowest BCUT2D eigenvalue weighted by atomic mass is 9.95. The summed E-state index contributed by atoms with van der Waals surface area (Å²) in [4.78, 5) is 32.0. The Bertz CT molecular complexity index is 6550. The van der Waals surface area contributed by atoms with Gasteiger partial charge >= 0.3 is 0 Å². The van der Waals surface area contributed by atoms with Gasteiger partial charge in [0.2, 0.25) is 0 Å². The zero-order valence-corrected chi connectivity index (χ0v) is 59.5. The first-order valence-electron chi connectivity index (χ1n) is 35.5. The van der Waals surface area contributed by atoms with Gasteiger partial charge in [0.15, 0.2) is 34.9 Å². The molecule has 18 aromatic rings. The SMILES string of the molecule is C[Si]1(C)c2ccc(-c3cccc(-c4cccc(-c5nc(-c6ccc7c(c6)-c6cccc(-c8ccccc8)c6[Si]7(C)C)nc(-c6ccc7oc8c(-c9ccccc9)cccc8c7c6)n5)c4)c3)cc2-c2cc(-c3nc(-c4ccccc4)nc(-c4ccc5oc6ccc(-c7ccccc7)cc6c5c4)n3)ccc21. The van der Waals surface area contributed by atoms with Gasteiger partial charge in [-0.2, -0.15) is 0 Å². The molecule has 0 unspecified atom stereocenters. The van der Waals surface area contributed by atoms with E-state index in [1.54, 1.807) is 0 Å². The third kappa shape index (κ3) is 10.2. The highest BCUT2D eigenvalue weighted by Gasteiger charge is 2.41. The maximum atomic E-state index is 6.69. The first-order valence-corrected chi connectivity index (χ1v) is 41.5. The van der Waals surface area contributed by atoms with Crippen LogP contribution in [0.1, 0.15) is 0 Å². The summed E-state index contributed by atoms with van der Waals surface area (Å²) < 4.78 is 13.1. The van der Waals surface area contributed by atoms with Gasteiger partial charge in [0.1, 0.15) is 38.5 Å². The van der Waals surface area contributed by atoms with E-state index in [4.69, 9.17) is 38.7 Å². The Morgan fingerprint density at radius 1 is 0.202 bits per heavy atom. The molecule has 20 rings (SSSR count). The minimum atomic E-state index is -2.14. The van der Waals surface area contributed by atoms with Crippen LogP contribution in [0.4, 0.5) is 0 Å². The minimum Gasteiger partial charge on any atom is -0.456 e. The van der Waals surface area contributed by atoms with Gasteiger partial charge in [0, 0.05) is 60.5 Å². The lowest BCUT2D eigenvalue weighted by molar-refractivity contribution is 0.669. The zero-order valence-electron chi connectivity index (χ0n) is 57.5. The summed E-state index contributed by atoms with van der Waals surface area (Å²) in [6.07, 6.45) is 0. The summed E-state index contributed by atoms with van der Waals surface area (Å²) in [5, 5.41) is 9.77. The van der Waals surface area contributed by atoms with Crippen LogP contribution in [0.2, 0.25) is 26.2 Å². The first kappa shape index (κ1) is 61.0. The maximum Gasteiger partial charge on any atom is 0.164 e. The van der Waals surface area contributed by atoms with E-state index in [9.17, 15) is 0 Å². The Labute approximate surface area is 603 Å². The van der Waals surface area contributed by atoms with Crippen molar-refractivity contribution in [3.05, 3.63) is 315 Å². The van der Waals surface area contributed by atoms with Crippen LogP contribution in [0.5, 0.6) is 0 Å². The quantitative estimate of drug-likeness (QED) is 0.118. The Morgan fingerprint density at radius 3 is 1.07 bits per heavy atom. The summed E-state index contributed by atoms with van der Waals surface area (Å²) >= 11 is 0. The molecule has 2 aliphatic heterocycles. The number of aromatic nitrogens is 6. The van der Waals surface area contributed by atoms with Gasteiger partial charge in [0.25, 0.3) is 0 Å². The maximum absolute atomic E-state index is 6.69. The van der Waals surface area contributed by atoms with Gasteiger partial charge in [-0.1, -0.05) is 263 Å². The van der Waals surface area contributed by atoms with Crippen LogP contribution in [-0.4, -0.2) is 46.1 Å². The second-order valence-electron chi connectivity index (χ2n) is 28.5. The number of rotatable bonds is 11. The molecule has 0 N–H and O–H groups in total. The highest BCUT2D eigenvalue weighted by molar-refractivity contribution is 7.05. The van der Waals surface area contributed by atoms with Gasteiger partial charge in [0.05, 0.1) is 0 Å². The predicted octanol–water partition coefficient (Wildman–Crippen LogP) is 21.8. The molecule has 8 nitrogen and oxygen atoms in total. The molecule has 0 radical (unpaired) electrons. The predicted molar refractivity (Wildman–Crippen MR) is 432 cm³/mol. The van der Waals surface area contributed by atoms with Crippen LogP contribution >= 0.6 is 0 Å². The van der Waals surface area contributed by atoms with Crippen molar-refractivity contribution in [2.45, 2.75) is 26.2 Å². The number of furan rings is 2. The molecule has 6 heterocycles. The third-order valence-corrected chi connectivity index (χ3v) is 28.7. The van der Waals surface area contributed by atoms with E-state index in [-0.39, 0.29) is 0 Å². The molecule has 0 atom stereocenters. The fourth-order valence-corrected chi connectivity index (χ4v) is 22.8. The van der Waals surface area contributed by atoms with E-state index in [0.717, 1.165) is 122 Å². The van der Waals surface area contributed by atoms with Crippen LogP contribution in [0.25, 0.3) is 190 Å². The molecule has 0 aliphatic carbocycles. The van der Waals surface area contributed by atoms with E-state index in [2.05, 4.69) is 305 Å². The molecular formula is C94H64N6O2Si2. The number of para-hydroxylation sites is 1. The molecule has 0 amide bonds. The van der Waals surface area contributed by atoms with Gasteiger partial charge in [-0.05, 0) is 172 Å². The summed E-state index contributed by atoms with van der Waals surface area (Å²) in [6.45, 7) is 9.89. The summed E-state index contributed by atoms with van der Waals surface area (Å²) in [5.41, 5.74) is 25.1. The molecule has 0 fully saturated rings. The topological polar surface area (TPSA) is 104 Å². The lowest BCUT2D eigenvalue weighted by Crippen LogP contribution is -2.50. The van der Waals surface area contributed by atoms with Crippen molar-refractivity contribution in [3.8, 4) is 146 Å². The molecule has 2 aliphatic rings. The average Bonchev–Trinajstić information content (AvgIpc) is 1.56. The van der Waals surface area contributed by atoms with Crippen molar-refractivity contribution in [1.82, 2.24) is 29.9 Å². The van der Waals surface area contributed by atoms with Gasteiger partial charge in [-0.15, -0.1) is 0 Å². The Balaban J connectivity index is 0.665. The largest absolute Gasteiger partial charge is 0.456 e. The van der Waals surface area contributed by atoms with Crippen molar-refractivity contribution >= 4 is 80.8 Å². The van der Waals surface area contributed by atoms with Gasteiger partial charge in [-0.25, -0.2) is 29.9 Å². The highest BCUT2D eigenvalue weighted by atomic mass is 28.3. The van der Waals surface area contributed by atoms with Gasteiger partial charge < -0.3 is 8.83 Å². The van der Waals surface area contributed by atoms with Crippen molar-refractivity contribution < 1.29 is 8.83 Å². The molecule has 4 aromatic heterocycles. The molecular weight excluding hydrogens is 1300 g/mol. The van der Waals surface area contributed by atoms with Crippen molar-refractivity contribution in [2.75, 3.05) is 0 Å². The summed E-state index contributed by atoms with van der Waals surface area (Å²) in [6, 6.07) is 112.